The van der Waals surface area contributed by atoms with Crippen molar-refractivity contribution in [3.05, 3.63) is 0 Å². The van der Waals surface area contributed by atoms with Gasteiger partial charge in [0.05, 0.1) is 10.2 Å². The average molecular weight is 246 g/mol. The van der Waals surface area contributed by atoms with Crippen molar-refractivity contribution in [2.75, 3.05) is 18.6 Å². The highest BCUT2D eigenvalue weighted by atomic mass is 127. The number of hydrogen-bond acceptors (Lipinski definition) is 2. The van der Waals surface area contributed by atoms with Gasteiger partial charge in [-0.1, -0.05) is 22.6 Å². The highest BCUT2D eigenvalue weighted by Gasteiger charge is 2.18. The van der Waals surface area contributed by atoms with Crippen molar-refractivity contribution in [1.29, 1.82) is 0 Å². The van der Waals surface area contributed by atoms with E-state index in [0.29, 0.717) is 0 Å². The first-order valence-corrected chi connectivity index (χ1v) is 4.87. The van der Waals surface area contributed by atoms with Crippen molar-refractivity contribution in [3.63, 3.8) is 0 Å². The van der Waals surface area contributed by atoms with E-state index < -0.39 is 0 Å². The zero-order chi connectivity index (χ0) is 6.62. The molecule has 0 aliphatic carbocycles. The van der Waals surface area contributed by atoms with Crippen molar-refractivity contribution >= 4 is 32.8 Å². The molecule has 0 radical (unpaired) electrons. The summed E-state index contributed by atoms with van der Waals surface area (Å²) in [6, 6.07) is 0. The Hall–Kier alpha value is 0.867. The van der Waals surface area contributed by atoms with E-state index in [9.17, 15) is 0 Å². The summed E-state index contributed by atoms with van der Waals surface area (Å²) in [5.74, 6) is 0. The van der Waals surface area contributed by atoms with Gasteiger partial charge >= 0.3 is 0 Å². The monoisotopic (exact) mass is 246 g/mol. The fourth-order valence-electron chi connectivity index (χ4n) is 0.192. The van der Waals surface area contributed by atoms with Gasteiger partial charge in [-0.15, -0.1) is 0 Å². The van der Waals surface area contributed by atoms with Crippen molar-refractivity contribution in [3.8, 4) is 0 Å². The molecule has 0 aromatic carbocycles. The number of methoxy groups -OCH3 is 2. The standard InChI is InChI=1S/C4H11IO2Si/c1-6-4(8,3-5)7-2/h3H2,1-2,8H3. The lowest BCUT2D eigenvalue weighted by Crippen LogP contribution is -2.35. The Labute approximate surface area is 66.5 Å². The Bertz CT molecular complexity index is 56.8. The summed E-state index contributed by atoms with van der Waals surface area (Å²) in [5, 5.41) is 0. The second-order valence-corrected chi connectivity index (χ2v) is 3.96. The third kappa shape index (κ3) is 2.43. The van der Waals surface area contributed by atoms with Crippen LogP contribution in [-0.2, 0) is 9.47 Å². The molecule has 0 N–H and O–H groups in total. The normalized spacial score (nSPS) is 12.4. The minimum atomic E-state index is -0.249. The molecular weight excluding hydrogens is 235 g/mol. The highest BCUT2D eigenvalue weighted by Crippen LogP contribution is 2.08. The van der Waals surface area contributed by atoms with Gasteiger partial charge in [0.15, 0.2) is 0 Å². The first-order chi connectivity index (χ1) is 3.68. The molecule has 0 saturated heterocycles. The van der Waals surface area contributed by atoms with Crippen molar-refractivity contribution in [1.82, 2.24) is 0 Å². The van der Waals surface area contributed by atoms with Gasteiger partial charge in [0.2, 0.25) is 0 Å². The summed E-state index contributed by atoms with van der Waals surface area (Å²) in [4.78, 5) is 0. The summed E-state index contributed by atoms with van der Waals surface area (Å²) in [5.41, 5.74) is -0.249. The molecule has 0 fully saturated rings. The number of hydrogen-bond donors (Lipinski definition) is 0. The topological polar surface area (TPSA) is 18.5 Å². The van der Waals surface area contributed by atoms with Gasteiger partial charge < -0.3 is 9.47 Å². The van der Waals surface area contributed by atoms with E-state index in [2.05, 4.69) is 22.6 Å². The molecular formula is C4H11IO2Si. The lowest BCUT2D eigenvalue weighted by molar-refractivity contribution is -0.121. The van der Waals surface area contributed by atoms with Crippen molar-refractivity contribution in [2.24, 2.45) is 0 Å². The van der Waals surface area contributed by atoms with Crippen LogP contribution in [0.3, 0.4) is 0 Å². The molecule has 8 heavy (non-hydrogen) atoms. The van der Waals surface area contributed by atoms with Crippen LogP contribution in [0.5, 0.6) is 0 Å². The van der Waals surface area contributed by atoms with Crippen LogP contribution in [0.4, 0.5) is 0 Å². The van der Waals surface area contributed by atoms with Crippen molar-refractivity contribution in [2.45, 2.75) is 5.41 Å². The molecule has 0 aromatic heterocycles. The summed E-state index contributed by atoms with van der Waals surface area (Å²) in [6.45, 7) is 0. The van der Waals surface area contributed by atoms with Crippen LogP contribution in [0.2, 0.25) is 0 Å². The first-order valence-electron chi connectivity index (χ1n) is 2.35. The Morgan fingerprint density at radius 2 is 1.88 bits per heavy atom. The highest BCUT2D eigenvalue weighted by molar-refractivity contribution is 14.1. The average Bonchev–Trinajstić information content (AvgIpc) is 1.87. The van der Waals surface area contributed by atoms with Gasteiger partial charge in [-0.05, 0) is 0 Å². The van der Waals surface area contributed by atoms with Crippen LogP contribution < -0.4 is 0 Å². The van der Waals surface area contributed by atoms with E-state index >= 15 is 0 Å². The first kappa shape index (κ1) is 8.87. The molecule has 2 nitrogen and oxygen atoms in total. The molecule has 4 heteroatoms. The second kappa shape index (κ2) is 3.81. The summed E-state index contributed by atoms with van der Waals surface area (Å²) in [6.07, 6.45) is 0. The fraction of sp³-hybridized carbons (Fsp3) is 1.00. The summed E-state index contributed by atoms with van der Waals surface area (Å²) >= 11 is 2.25. The van der Waals surface area contributed by atoms with E-state index in [4.69, 9.17) is 9.47 Å². The van der Waals surface area contributed by atoms with Crippen molar-refractivity contribution < 1.29 is 9.47 Å². The van der Waals surface area contributed by atoms with Crippen LogP contribution in [0, 0.1) is 0 Å². The second-order valence-electron chi connectivity index (χ2n) is 1.68. The molecule has 50 valence electrons. The van der Waals surface area contributed by atoms with E-state index in [1.807, 2.05) is 0 Å². The zero-order valence-electron chi connectivity index (χ0n) is 5.40. The minimum absolute atomic E-state index is 0.249. The van der Waals surface area contributed by atoms with Crippen LogP contribution in [0.15, 0.2) is 0 Å². The van der Waals surface area contributed by atoms with Gasteiger partial charge in [0.25, 0.3) is 0 Å². The summed E-state index contributed by atoms with van der Waals surface area (Å²) < 4.78 is 11.0. The van der Waals surface area contributed by atoms with E-state index in [-0.39, 0.29) is 5.41 Å². The van der Waals surface area contributed by atoms with E-state index in [1.165, 1.54) is 0 Å². The van der Waals surface area contributed by atoms with Gasteiger partial charge in [0.1, 0.15) is 5.41 Å². The quantitative estimate of drug-likeness (QED) is 0.295. The Balaban J connectivity index is 3.58. The smallest absolute Gasteiger partial charge is 0.149 e. The van der Waals surface area contributed by atoms with Crippen LogP contribution in [-0.4, -0.2) is 34.3 Å². The molecule has 0 rings (SSSR count). The molecule has 0 heterocycles. The molecule has 0 amide bonds. The third-order valence-corrected chi connectivity index (χ3v) is 5.10. The number of alkyl halides is 1. The van der Waals surface area contributed by atoms with Gasteiger partial charge in [-0.2, -0.15) is 0 Å². The lowest BCUT2D eigenvalue weighted by atomic mass is 10.7. The molecule has 0 bridgehead atoms. The van der Waals surface area contributed by atoms with Gasteiger partial charge in [0, 0.05) is 18.6 Å². The molecule has 0 atom stereocenters. The number of halogens is 1. The van der Waals surface area contributed by atoms with Gasteiger partial charge in [-0.25, -0.2) is 0 Å². The third-order valence-electron chi connectivity index (χ3n) is 1.11. The van der Waals surface area contributed by atoms with E-state index in [0.717, 1.165) is 14.7 Å². The number of ether oxygens (including phenoxy) is 2. The molecule has 0 aromatic rings. The Kier molecular flexibility index (Phi) is 4.22. The Morgan fingerprint density at radius 3 is 1.88 bits per heavy atom. The Morgan fingerprint density at radius 1 is 1.50 bits per heavy atom. The maximum atomic E-state index is 5.07. The maximum absolute atomic E-state index is 5.07. The summed E-state index contributed by atoms with van der Waals surface area (Å²) in [7, 11) is 4.27. The molecule has 0 saturated carbocycles. The fourth-order valence-corrected chi connectivity index (χ4v) is 0.815. The number of rotatable bonds is 3. The SMILES string of the molecule is COC([SiH3])(CI)OC. The molecule has 0 aliphatic rings. The lowest BCUT2D eigenvalue weighted by Gasteiger charge is -2.23. The predicted octanol–water partition coefficient (Wildman–Crippen LogP) is -0.267. The van der Waals surface area contributed by atoms with Gasteiger partial charge in [-0.3, -0.25) is 0 Å². The predicted molar refractivity (Wildman–Crippen MR) is 45.6 cm³/mol. The molecule has 0 spiro atoms. The van der Waals surface area contributed by atoms with Crippen LogP contribution in [0.25, 0.3) is 0 Å². The zero-order valence-corrected chi connectivity index (χ0v) is 9.56. The molecule has 0 unspecified atom stereocenters. The van der Waals surface area contributed by atoms with E-state index in [1.54, 1.807) is 14.2 Å². The van der Waals surface area contributed by atoms with Crippen LogP contribution in [0.1, 0.15) is 0 Å². The molecule has 0 aliphatic heterocycles. The largest absolute Gasteiger partial charge is 0.357 e. The minimum Gasteiger partial charge on any atom is -0.357 e. The maximum Gasteiger partial charge on any atom is 0.149 e. The van der Waals surface area contributed by atoms with Crippen LogP contribution >= 0.6 is 22.6 Å².